The van der Waals surface area contributed by atoms with Crippen molar-refractivity contribution < 1.29 is 9.59 Å². The van der Waals surface area contributed by atoms with Gasteiger partial charge in [-0.05, 0) is 25.0 Å². The second-order valence-electron chi connectivity index (χ2n) is 7.91. The molecule has 2 aliphatic heterocycles. The first-order chi connectivity index (χ1) is 15.4. The summed E-state index contributed by atoms with van der Waals surface area (Å²) >= 11 is 1.59. The smallest absolute Gasteiger partial charge is 0.325 e. The number of amides is 3. The monoisotopic (exact) mass is 453 g/mol. The van der Waals surface area contributed by atoms with E-state index < -0.39 is 18.2 Å². The predicted molar refractivity (Wildman–Crippen MR) is 123 cm³/mol. The number of aryl methyl sites for hydroxylation is 1. The molecule has 0 bridgehead atoms. The van der Waals surface area contributed by atoms with E-state index in [-0.39, 0.29) is 5.91 Å². The van der Waals surface area contributed by atoms with Crippen molar-refractivity contribution in [1.82, 2.24) is 30.0 Å². The van der Waals surface area contributed by atoms with Gasteiger partial charge in [0.15, 0.2) is 23.3 Å². The maximum Gasteiger partial charge on any atom is 0.325 e. The first-order valence-electron chi connectivity index (χ1n) is 10.5. The summed E-state index contributed by atoms with van der Waals surface area (Å²) in [4.78, 5) is 44.0. The number of thioether (sulfide) groups is 1. The number of guanidine groups is 1. The lowest BCUT2D eigenvalue weighted by molar-refractivity contribution is -0.127. The molecule has 1 N–H and O–H groups in total. The molecular formula is C22H27N7O2S. The van der Waals surface area contributed by atoms with Crippen LogP contribution in [0.4, 0.5) is 4.79 Å². The van der Waals surface area contributed by atoms with Gasteiger partial charge in [-0.25, -0.2) is 19.8 Å². The molecule has 3 amide bonds. The van der Waals surface area contributed by atoms with Gasteiger partial charge in [0.25, 0.3) is 5.91 Å². The third-order valence-electron chi connectivity index (χ3n) is 5.49. The van der Waals surface area contributed by atoms with Crippen molar-refractivity contribution in [2.75, 3.05) is 26.4 Å². The van der Waals surface area contributed by atoms with Crippen LogP contribution in [0.3, 0.4) is 0 Å². The number of nitrogens with one attached hydrogen (secondary N) is 1. The number of aromatic nitrogens is 2. The number of hydrogen-bond donors (Lipinski definition) is 1. The molecule has 9 nitrogen and oxygen atoms in total. The zero-order chi connectivity index (χ0) is 22.7. The second-order valence-corrected chi connectivity index (χ2v) is 8.97. The van der Waals surface area contributed by atoms with E-state index in [1.165, 1.54) is 4.90 Å². The minimum absolute atomic E-state index is 0.306. The van der Waals surface area contributed by atoms with Crippen LogP contribution in [0.25, 0.3) is 0 Å². The average molecular weight is 454 g/mol. The van der Waals surface area contributed by atoms with E-state index in [9.17, 15) is 9.59 Å². The average Bonchev–Trinajstić information content (AvgIpc) is 3.16. The van der Waals surface area contributed by atoms with Gasteiger partial charge >= 0.3 is 6.03 Å². The third-order valence-corrected chi connectivity index (χ3v) is 6.44. The molecule has 2 aromatic rings. The number of carbonyl (C=O) groups is 2. The number of hydrogen-bond acceptors (Lipinski definition) is 8. The maximum absolute atomic E-state index is 12.7. The Labute approximate surface area is 191 Å². The number of benzene rings is 1. The zero-order valence-electron chi connectivity index (χ0n) is 18.4. The molecule has 4 rings (SSSR count). The van der Waals surface area contributed by atoms with Crippen LogP contribution in [-0.4, -0.2) is 81.2 Å². The van der Waals surface area contributed by atoms with Gasteiger partial charge in [-0.2, -0.15) is 0 Å². The Bertz CT molecular complexity index is 1020. The Hall–Kier alpha value is -3.14. The summed E-state index contributed by atoms with van der Waals surface area (Å²) in [5.41, 5.74) is 2.09. The van der Waals surface area contributed by atoms with E-state index in [1.54, 1.807) is 25.0 Å². The number of nitrogens with zero attached hydrogens (tertiary/aromatic N) is 6. The number of carbonyl (C=O) groups excluding carboxylic acids is 2. The fourth-order valence-electron chi connectivity index (χ4n) is 3.89. The van der Waals surface area contributed by atoms with Crippen molar-refractivity contribution in [3.8, 4) is 0 Å². The molecule has 1 aromatic carbocycles. The number of urea groups is 1. The van der Waals surface area contributed by atoms with Crippen molar-refractivity contribution in [2.24, 2.45) is 4.99 Å². The minimum atomic E-state index is -0.536. The van der Waals surface area contributed by atoms with Gasteiger partial charge in [-0.1, -0.05) is 42.1 Å². The summed E-state index contributed by atoms with van der Waals surface area (Å²) in [6, 6.07) is 11.0. The fraction of sp³-hybridized carbons (Fsp3) is 0.409. The highest BCUT2D eigenvalue weighted by Gasteiger charge is 2.49. The van der Waals surface area contributed by atoms with Crippen LogP contribution in [0.5, 0.6) is 0 Å². The lowest BCUT2D eigenvalue weighted by Gasteiger charge is -2.37. The molecule has 0 radical (unpaired) electrons. The molecule has 0 saturated carbocycles. The topological polar surface area (TPSA) is 94.0 Å². The van der Waals surface area contributed by atoms with Crippen molar-refractivity contribution in [1.29, 1.82) is 0 Å². The highest BCUT2D eigenvalue weighted by atomic mass is 32.2. The molecular weight excluding hydrogens is 426 g/mol. The summed E-state index contributed by atoms with van der Waals surface area (Å²) in [5.74, 6) is 1.22. The first kappa shape index (κ1) is 22.1. The molecule has 0 spiro atoms. The van der Waals surface area contributed by atoms with E-state index >= 15 is 0 Å². The van der Waals surface area contributed by atoms with Gasteiger partial charge in [0.2, 0.25) is 0 Å². The van der Waals surface area contributed by atoms with E-state index in [0.29, 0.717) is 13.1 Å². The molecule has 10 heteroatoms. The number of imide groups is 1. The quantitative estimate of drug-likeness (QED) is 0.389. The molecule has 1 saturated heterocycles. The van der Waals surface area contributed by atoms with Gasteiger partial charge in [0.05, 0.1) is 0 Å². The molecule has 2 aliphatic rings. The highest BCUT2D eigenvalue weighted by Crippen LogP contribution is 2.26. The van der Waals surface area contributed by atoms with Gasteiger partial charge in [-0.15, -0.1) is 0 Å². The fourth-order valence-corrected chi connectivity index (χ4v) is 4.69. The predicted octanol–water partition coefficient (Wildman–Crippen LogP) is 1.95. The Morgan fingerprint density at radius 1 is 1.19 bits per heavy atom. The zero-order valence-corrected chi connectivity index (χ0v) is 19.2. The summed E-state index contributed by atoms with van der Waals surface area (Å²) in [5, 5.41) is 3.20. The highest BCUT2D eigenvalue weighted by molar-refractivity contribution is 7.99. The van der Waals surface area contributed by atoms with Crippen LogP contribution in [0, 0.1) is 6.92 Å². The van der Waals surface area contributed by atoms with Gasteiger partial charge in [0.1, 0.15) is 0 Å². The summed E-state index contributed by atoms with van der Waals surface area (Å²) in [6.45, 7) is 3.23. The lowest BCUT2D eigenvalue weighted by Crippen LogP contribution is -2.64. The molecule has 2 unspecified atom stereocenters. The molecule has 32 heavy (non-hydrogen) atoms. The Balaban J connectivity index is 1.48. The van der Waals surface area contributed by atoms with Crippen molar-refractivity contribution in [3.05, 3.63) is 53.9 Å². The normalized spacial score (nSPS) is 20.2. The van der Waals surface area contributed by atoms with Gasteiger partial charge in [-0.3, -0.25) is 10.1 Å². The summed E-state index contributed by atoms with van der Waals surface area (Å²) in [7, 11) is 3.64. The molecule has 0 aliphatic carbocycles. The molecule has 1 aromatic heterocycles. The van der Waals surface area contributed by atoms with Crippen LogP contribution in [0.15, 0.2) is 52.7 Å². The van der Waals surface area contributed by atoms with Crippen LogP contribution >= 0.6 is 11.8 Å². The largest absolute Gasteiger partial charge is 0.341 e. The molecule has 1 fully saturated rings. The van der Waals surface area contributed by atoms with Crippen molar-refractivity contribution in [2.45, 2.75) is 37.3 Å². The van der Waals surface area contributed by atoms with Crippen LogP contribution in [-0.2, 0) is 11.3 Å². The Morgan fingerprint density at radius 3 is 2.72 bits per heavy atom. The number of likely N-dealkylation sites (N-methyl/N-ethyl adjacent to an activating group) is 1. The van der Waals surface area contributed by atoms with Gasteiger partial charge in [0, 0.05) is 44.8 Å². The standard InChI is InChI=1S/C22H27N7O2S/c1-15-10-11-23-20(24-15)32-13-7-12-29-17-18(28(3)22(31)26-19(17)30)25-21(29)27(2)14-16-8-5-4-6-9-16/h4-6,8-11,17-18H,7,12-14H2,1-3H3,(H,26,30,31). The SMILES string of the molecule is Cc1ccnc(SCCCN2C(N(C)Cc3ccccc3)=NC3C2C(=O)NC(=O)N3C)n1. The van der Waals surface area contributed by atoms with E-state index in [0.717, 1.165) is 34.5 Å². The summed E-state index contributed by atoms with van der Waals surface area (Å²) in [6.07, 6.45) is 2.05. The second kappa shape index (κ2) is 9.56. The number of fused-ring (bicyclic) bond motifs is 1. The first-order valence-corrected chi connectivity index (χ1v) is 11.5. The van der Waals surface area contributed by atoms with Crippen LogP contribution in [0.1, 0.15) is 17.7 Å². The third kappa shape index (κ3) is 4.69. The van der Waals surface area contributed by atoms with Crippen molar-refractivity contribution >= 4 is 29.7 Å². The number of aliphatic imine (C=N–C) groups is 1. The van der Waals surface area contributed by atoms with Crippen LogP contribution in [0.2, 0.25) is 0 Å². The molecule has 168 valence electrons. The van der Waals surface area contributed by atoms with Crippen LogP contribution < -0.4 is 5.32 Å². The van der Waals surface area contributed by atoms with E-state index in [1.807, 2.05) is 48.0 Å². The van der Waals surface area contributed by atoms with E-state index in [4.69, 9.17) is 4.99 Å². The Morgan fingerprint density at radius 2 is 1.97 bits per heavy atom. The number of rotatable bonds is 7. The maximum atomic E-state index is 12.7. The van der Waals surface area contributed by atoms with Crippen molar-refractivity contribution in [3.63, 3.8) is 0 Å². The van der Waals surface area contributed by atoms with E-state index in [2.05, 4.69) is 27.4 Å². The minimum Gasteiger partial charge on any atom is -0.341 e. The Kier molecular flexibility index (Phi) is 6.59. The molecule has 2 atom stereocenters. The summed E-state index contributed by atoms with van der Waals surface area (Å²) < 4.78 is 0. The lowest BCUT2D eigenvalue weighted by atomic mass is 10.1. The van der Waals surface area contributed by atoms with Gasteiger partial charge < -0.3 is 14.7 Å². The molecule has 3 heterocycles.